The van der Waals surface area contributed by atoms with Gasteiger partial charge in [-0.2, -0.15) is 0 Å². The molecule has 0 aliphatic rings. The van der Waals surface area contributed by atoms with Gasteiger partial charge in [-0.3, -0.25) is 4.79 Å². The number of nitrogens with one attached hydrogen (secondary N) is 3. The number of aromatic nitrogens is 1. The minimum absolute atomic E-state index is 0.148. The summed E-state index contributed by atoms with van der Waals surface area (Å²) in [6.07, 6.45) is 0. The van der Waals surface area contributed by atoms with Gasteiger partial charge < -0.3 is 25.1 Å². The smallest absolute Gasteiger partial charge is 0.315 e. The Labute approximate surface area is 152 Å². The van der Waals surface area contributed by atoms with Gasteiger partial charge in [-0.15, -0.1) is 0 Å². The third-order valence-corrected chi connectivity index (χ3v) is 4.17. The average molecular weight is 359 g/mol. The maximum Gasteiger partial charge on any atom is 0.315 e. The lowest BCUT2D eigenvalue weighted by Crippen LogP contribution is -2.38. The highest BCUT2D eigenvalue weighted by Gasteiger charge is 2.15. The lowest BCUT2D eigenvalue weighted by molar-refractivity contribution is 0.237. The Morgan fingerprint density at radius 1 is 1.19 bits per heavy atom. The van der Waals surface area contributed by atoms with E-state index in [9.17, 15) is 9.59 Å². The number of ether oxygens (including phenoxy) is 2. The van der Waals surface area contributed by atoms with Crippen LogP contribution in [-0.2, 0) is 6.54 Å². The monoisotopic (exact) mass is 359 g/mol. The first-order valence-corrected chi connectivity index (χ1v) is 8.31. The van der Waals surface area contributed by atoms with E-state index in [1.807, 2.05) is 32.9 Å². The molecule has 0 saturated heterocycles. The molecule has 2 rings (SSSR count). The molecule has 0 aliphatic carbocycles. The van der Waals surface area contributed by atoms with Gasteiger partial charge in [0.1, 0.15) is 11.5 Å². The number of hydrogen-bond acceptors (Lipinski definition) is 4. The molecule has 2 amide bonds. The van der Waals surface area contributed by atoms with E-state index in [-0.39, 0.29) is 24.2 Å². The van der Waals surface area contributed by atoms with Crippen LogP contribution in [0.5, 0.6) is 11.5 Å². The molecule has 1 aromatic heterocycles. The molecular formula is C19H25N3O4. The number of carbonyl (C=O) groups is 1. The Hall–Kier alpha value is -2.96. The van der Waals surface area contributed by atoms with Gasteiger partial charge in [0.2, 0.25) is 0 Å². The molecule has 7 heteroatoms. The summed E-state index contributed by atoms with van der Waals surface area (Å²) >= 11 is 0. The van der Waals surface area contributed by atoms with E-state index in [1.165, 1.54) is 0 Å². The molecule has 0 saturated carbocycles. The number of benzene rings is 1. The zero-order chi connectivity index (χ0) is 19.3. The Morgan fingerprint density at radius 2 is 1.92 bits per heavy atom. The fourth-order valence-electron chi connectivity index (χ4n) is 2.77. The third kappa shape index (κ3) is 4.56. The first-order chi connectivity index (χ1) is 12.3. The number of hydrogen-bond donors (Lipinski definition) is 3. The second-order valence-corrected chi connectivity index (χ2v) is 6.10. The predicted octanol–water partition coefficient (Wildman–Crippen LogP) is 2.57. The highest BCUT2D eigenvalue weighted by molar-refractivity contribution is 5.74. The number of H-pyrrole nitrogens is 1. The normalized spacial score (nSPS) is 11.6. The molecular weight excluding hydrogens is 334 g/mol. The number of aromatic amines is 1. The van der Waals surface area contributed by atoms with E-state index >= 15 is 0 Å². The van der Waals surface area contributed by atoms with Crippen molar-refractivity contribution < 1.29 is 14.3 Å². The molecule has 3 N–H and O–H groups in total. The first-order valence-electron chi connectivity index (χ1n) is 8.31. The maximum absolute atomic E-state index is 12.2. The van der Waals surface area contributed by atoms with Crippen molar-refractivity contribution >= 4 is 6.03 Å². The van der Waals surface area contributed by atoms with Crippen LogP contribution in [0.3, 0.4) is 0 Å². The number of aryl methyl sites for hydroxylation is 2. The summed E-state index contributed by atoms with van der Waals surface area (Å²) in [4.78, 5) is 27.0. The minimum Gasteiger partial charge on any atom is -0.497 e. The van der Waals surface area contributed by atoms with Crippen molar-refractivity contribution in [3.63, 3.8) is 0 Å². The molecule has 0 fully saturated rings. The Balaban J connectivity index is 2.05. The highest BCUT2D eigenvalue weighted by Crippen LogP contribution is 2.29. The molecule has 0 aliphatic heterocycles. The van der Waals surface area contributed by atoms with Crippen LogP contribution < -0.4 is 25.7 Å². The molecule has 0 spiro atoms. The Bertz CT molecular complexity index is 845. The van der Waals surface area contributed by atoms with Gasteiger partial charge in [-0.05, 0) is 50.6 Å². The van der Waals surface area contributed by atoms with Crippen LogP contribution in [-0.4, -0.2) is 25.2 Å². The van der Waals surface area contributed by atoms with E-state index in [4.69, 9.17) is 9.47 Å². The zero-order valence-electron chi connectivity index (χ0n) is 15.7. The van der Waals surface area contributed by atoms with Crippen molar-refractivity contribution in [2.24, 2.45) is 0 Å². The highest BCUT2D eigenvalue weighted by atomic mass is 16.5. The number of urea groups is 1. The quantitative estimate of drug-likeness (QED) is 0.739. The maximum atomic E-state index is 12.2. The SMILES string of the molecule is COc1ccc(OC)c(C(C)NC(=O)NCc2c(C)cc(C)[nH]c2=O)c1. The Kier molecular flexibility index (Phi) is 6.27. The van der Waals surface area contributed by atoms with Crippen molar-refractivity contribution in [2.45, 2.75) is 33.4 Å². The lowest BCUT2D eigenvalue weighted by Gasteiger charge is -2.18. The molecule has 0 bridgehead atoms. The van der Waals surface area contributed by atoms with E-state index in [2.05, 4.69) is 15.6 Å². The fraction of sp³-hybridized carbons (Fsp3) is 0.368. The summed E-state index contributed by atoms with van der Waals surface area (Å²) in [6, 6.07) is 6.60. The van der Waals surface area contributed by atoms with Crippen molar-refractivity contribution in [3.8, 4) is 11.5 Å². The summed E-state index contributed by atoms with van der Waals surface area (Å²) in [5.41, 5.74) is 2.78. The number of amides is 2. The van der Waals surface area contributed by atoms with Gasteiger partial charge in [0.15, 0.2) is 0 Å². The Morgan fingerprint density at radius 3 is 2.54 bits per heavy atom. The third-order valence-electron chi connectivity index (χ3n) is 4.17. The number of methoxy groups -OCH3 is 2. The van der Waals surface area contributed by atoms with Gasteiger partial charge >= 0.3 is 6.03 Å². The van der Waals surface area contributed by atoms with Crippen molar-refractivity contribution in [3.05, 3.63) is 57.0 Å². The molecule has 140 valence electrons. The summed E-state index contributed by atoms with van der Waals surface area (Å²) in [7, 11) is 3.16. The van der Waals surface area contributed by atoms with Crippen molar-refractivity contribution in [1.82, 2.24) is 15.6 Å². The summed E-state index contributed by atoms with van der Waals surface area (Å²) in [5, 5.41) is 5.57. The second kappa shape index (κ2) is 8.42. The van der Waals surface area contributed by atoms with Gasteiger partial charge in [-0.1, -0.05) is 0 Å². The molecule has 1 aromatic carbocycles. The van der Waals surface area contributed by atoms with E-state index in [0.717, 1.165) is 16.8 Å². The van der Waals surface area contributed by atoms with E-state index in [1.54, 1.807) is 26.4 Å². The van der Waals surface area contributed by atoms with E-state index in [0.29, 0.717) is 17.1 Å². The van der Waals surface area contributed by atoms with Crippen LogP contribution in [0.15, 0.2) is 29.1 Å². The first kappa shape index (κ1) is 19.4. The van der Waals surface area contributed by atoms with Crippen LogP contribution in [0.1, 0.15) is 35.3 Å². The molecule has 0 radical (unpaired) electrons. The summed E-state index contributed by atoms with van der Waals surface area (Å²) in [5.74, 6) is 1.33. The number of pyridine rings is 1. The topological polar surface area (TPSA) is 92.4 Å². The summed E-state index contributed by atoms with van der Waals surface area (Å²) < 4.78 is 10.6. The van der Waals surface area contributed by atoms with Crippen LogP contribution >= 0.6 is 0 Å². The summed E-state index contributed by atoms with van der Waals surface area (Å²) in [6.45, 7) is 5.67. The minimum atomic E-state index is -0.373. The standard InChI is InChI=1S/C19H25N3O4/c1-11-8-12(2)21-18(23)16(11)10-20-19(24)22-13(3)15-9-14(25-4)6-7-17(15)26-5/h6-9,13H,10H2,1-5H3,(H,21,23)(H2,20,22,24). The lowest BCUT2D eigenvalue weighted by atomic mass is 10.1. The van der Waals surface area contributed by atoms with Crippen LogP contribution in [0.2, 0.25) is 0 Å². The fourth-order valence-corrected chi connectivity index (χ4v) is 2.77. The van der Waals surface area contributed by atoms with E-state index < -0.39 is 0 Å². The average Bonchev–Trinajstić information content (AvgIpc) is 2.60. The van der Waals surface area contributed by atoms with Crippen LogP contribution in [0, 0.1) is 13.8 Å². The molecule has 26 heavy (non-hydrogen) atoms. The largest absolute Gasteiger partial charge is 0.497 e. The van der Waals surface area contributed by atoms with Gasteiger partial charge in [-0.25, -0.2) is 4.79 Å². The van der Waals surface area contributed by atoms with Crippen LogP contribution in [0.4, 0.5) is 4.79 Å². The molecule has 2 aromatic rings. The predicted molar refractivity (Wildman–Crippen MR) is 99.9 cm³/mol. The van der Waals surface area contributed by atoms with Crippen molar-refractivity contribution in [1.29, 1.82) is 0 Å². The molecule has 7 nitrogen and oxygen atoms in total. The van der Waals surface area contributed by atoms with Gasteiger partial charge in [0.05, 0.1) is 26.8 Å². The number of carbonyl (C=O) groups excluding carboxylic acids is 1. The second-order valence-electron chi connectivity index (χ2n) is 6.10. The molecule has 1 heterocycles. The van der Waals surface area contributed by atoms with Gasteiger partial charge in [0, 0.05) is 16.8 Å². The molecule has 1 atom stereocenters. The number of rotatable bonds is 6. The van der Waals surface area contributed by atoms with Crippen LogP contribution in [0.25, 0.3) is 0 Å². The zero-order valence-corrected chi connectivity index (χ0v) is 15.7. The molecule has 1 unspecified atom stereocenters. The van der Waals surface area contributed by atoms with Gasteiger partial charge in [0.25, 0.3) is 5.56 Å². The van der Waals surface area contributed by atoms with Crippen molar-refractivity contribution in [2.75, 3.05) is 14.2 Å².